The van der Waals surface area contributed by atoms with E-state index in [1.807, 2.05) is 22.9 Å². The van der Waals surface area contributed by atoms with Crippen LogP contribution in [0.1, 0.15) is 36.6 Å². The number of nitrogens with two attached hydrogens (primary N) is 1. The molecule has 10 nitrogen and oxygen atoms in total. The van der Waals surface area contributed by atoms with E-state index in [4.69, 9.17) is 21.5 Å². The zero-order valence-electron chi connectivity index (χ0n) is 21.3. The van der Waals surface area contributed by atoms with Crippen LogP contribution in [0.5, 0.6) is 0 Å². The van der Waals surface area contributed by atoms with Crippen molar-refractivity contribution in [1.82, 2.24) is 29.3 Å². The van der Waals surface area contributed by atoms with Crippen molar-refractivity contribution in [3.05, 3.63) is 84.5 Å². The van der Waals surface area contributed by atoms with E-state index in [-0.39, 0.29) is 11.7 Å². The molecule has 2 N–H and O–H groups in total. The number of pyridine rings is 2. The minimum absolute atomic E-state index is 0.0216. The number of fused-ring (bicyclic) bond motifs is 1. The molecule has 1 aliphatic rings. The van der Waals surface area contributed by atoms with Gasteiger partial charge in [0.15, 0.2) is 5.82 Å². The van der Waals surface area contributed by atoms with Gasteiger partial charge < -0.3 is 15.2 Å². The van der Waals surface area contributed by atoms with Crippen LogP contribution in [0.15, 0.2) is 67.4 Å². The first-order valence-corrected chi connectivity index (χ1v) is 12.5. The first kappa shape index (κ1) is 26.6. The molecule has 40 heavy (non-hydrogen) atoms. The summed E-state index contributed by atoms with van der Waals surface area (Å²) in [5, 5.41) is 16.1. The van der Waals surface area contributed by atoms with Crippen molar-refractivity contribution >= 4 is 22.5 Å². The quantitative estimate of drug-likeness (QED) is 0.284. The zero-order valence-corrected chi connectivity index (χ0v) is 21.3. The maximum atomic E-state index is 13.5. The van der Waals surface area contributed by atoms with E-state index in [1.54, 1.807) is 30.7 Å². The first-order valence-electron chi connectivity index (χ1n) is 12.5. The highest BCUT2D eigenvalue weighted by Gasteiger charge is 2.26. The van der Waals surface area contributed by atoms with Crippen molar-refractivity contribution in [1.29, 1.82) is 10.8 Å². The molecule has 1 atom stereocenters. The second-order valence-corrected chi connectivity index (χ2v) is 9.42. The molecule has 204 valence electrons. The summed E-state index contributed by atoms with van der Waals surface area (Å²) in [6.07, 6.45) is 8.31. The molecule has 5 aromatic rings. The lowest BCUT2D eigenvalue weighted by molar-refractivity contribution is 0.0560. The third kappa shape index (κ3) is 5.28. The van der Waals surface area contributed by atoms with Crippen molar-refractivity contribution in [3.8, 4) is 11.3 Å². The van der Waals surface area contributed by atoms with Gasteiger partial charge in [-0.2, -0.15) is 13.9 Å². The van der Waals surface area contributed by atoms with Crippen LogP contribution in [0.4, 0.5) is 24.7 Å². The Hall–Kier alpha value is -4.99. The van der Waals surface area contributed by atoms with Crippen molar-refractivity contribution in [2.45, 2.75) is 31.9 Å². The lowest BCUT2D eigenvalue weighted by Gasteiger charge is -2.35. The van der Waals surface area contributed by atoms with E-state index < -0.39 is 6.55 Å². The minimum Gasteiger partial charge on any atom is -0.382 e. The number of alkyl halides is 2. The van der Waals surface area contributed by atoms with Gasteiger partial charge in [-0.3, -0.25) is 4.98 Å². The Morgan fingerprint density at radius 2 is 1.85 bits per heavy atom. The number of nitrogen functional groups attached to an aromatic ring is 1. The first-order chi connectivity index (χ1) is 19.5. The Morgan fingerprint density at radius 1 is 1.05 bits per heavy atom. The second-order valence-electron chi connectivity index (χ2n) is 9.42. The third-order valence-corrected chi connectivity index (χ3v) is 7.02. The average Bonchev–Trinajstić information content (AvgIpc) is 3.64. The molecule has 4 aromatic heterocycles. The Labute approximate surface area is 227 Å². The van der Waals surface area contributed by atoms with Gasteiger partial charge in [-0.15, -0.1) is 0 Å². The fraction of sp³-hybridized carbons (Fsp3) is 0.259. The molecule has 1 aromatic carbocycles. The largest absolute Gasteiger partial charge is 0.382 e. The van der Waals surface area contributed by atoms with Crippen LogP contribution in [-0.4, -0.2) is 42.4 Å². The summed E-state index contributed by atoms with van der Waals surface area (Å²) < 4.78 is 42.4. The van der Waals surface area contributed by atoms with E-state index >= 15 is 0 Å². The Kier molecular flexibility index (Phi) is 7.59. The van der Waals surface area contributed by atoms with E-state index in [2.05, 4.69) is 20.0 Å². The number of nitrogens with zero attached hydrogens (tertiary/aromatic N) is 9. The number of anilines is 2. The molecule has 0 amide bonds. The zero-order chi connectivity index (χ0) is 28.2. The fourth-order valence-electron chi connectivity index (χ4n) is 5.12. The second kappa shape index (κ2) is 11.4. The number of aromatic nitrogens is 6. The molecule has 0 saturated carbocycles. The van der Waals surface area contributed by atoms with Crippen LogP contribution in [0, 0.1) is 16.6 Å². The summed E-state index contributed by atoms with van der Waals surface area (Å²) >= 11 is 0. The summed E-state index contributed by atoms with van der Waals surface area (Å²) in [7, 11) is 0. The van der Waals surface area contributed by atoms with Crippen LogP contribution in [-0.2, 0) is 6.54 Å². The lowest BCUT2D eigenvalue weighted by atomic mass is 9.94. The molecule has 6 rings (SSSR count). The molecule has 0 radical (unpaired) electrons. The van der Waals surface area contributed by atoms with Crippen LogP contribution < -0.4 is 10.6 Å². The predicted molar refractivity (Wildman–Crippen MR) is 142 cm³/mol. The van der Waals surface area contributed by atoms with Gasteiger partial charge in [0.1, 0.15) is 11.3 Å². The normalized spacial score (nSPS) is 15.2. The van der Waals surface area contributed by atoms with Gasteiger partial charge in [-0.25, -0.2) is 19.0 Å². The number of benzene rings is 1. The van der Waals surface area contributed by atoms with Gasteiger partial charge in [-0.1, -0.05) is 0 Å². The summed E-state index contributed by atoms with van der Waals surface area (Å²) in [6.45, 7) is -0.731. The van der Waals surface area contributed by atoms with Crippen LogP contribution in [0.3, 0.4) is 0 Å². The van der Waals surface area contributed by atoms with Gasteiger partial charge in [0, 0.05) is 47.8 Å². The van der Waals surface area contributed by atoms with Crippen molar-refractivity contribution < 1.29 is 13.2 Å². The summed E-state index contributed by atoms with van der Waals surface area (Å²) in [6, 6.07) is 11.8. The topological polar surface area (TPSA) is 138 Å². The number of halogens is 3. The smallest absolute Gasteiger partial charge is 0.333 e. The van der Waals surface area contributed by atoms with Gasteiger partial charge in [0.05, 0.1) is 41.7 Å². The van der Waals surface area contributed by atoms with E-state index in [0.717, 1.165) is 47.4 Å². The number of imidazole rings is 1. The molecule has 0 spiro atoms. The Balaban J connectivity index is 0.00000158. The van der Waals surface area contributed by atoms with Gasteiger partial charge in [0.2, 0.25) is 0 Å². The van der Waals surface area contributed by atoms with Crippen molar-refractivity contribution in [2.24, 2.45) is 0 Å². The molecule has 0 unspecified atom stereocenters. The molecule has 0 bridgehead atoms. The fourth-order valence-corrected chi connectivity index (χ4v) is 5.12. The Morgan fingerprint density at radius 3 is 2.60 bits per heavy atom. The summed E-state index contributed by atoms with van der Waals surface area (Å²) in [5.41, 5.74) is 11.6. The standard InChI is InChI=1S/C27H25F3N8.N2/c28-20-5-3-17(4-6-20)22-12-19(15-37-16-34-25-23(37)7-9-32-26(25)31)24(13-33-22)36-10-1-2-18(14-36)21-8-11-38(35-21)27(29)30;1-2/h3-9,11-13,16,18,27H,1-2,10,14-15H2,(H2,31,32);/t18-;/m0./s1. The molecule has 1 aliphatic heterocycles. The van der Waals surface area contributed by atoms with Crippen LogP contribution in [0.2, 0.25) is 0 Å². The van der Waals surface area contributed by atoms with Crippen LogP contribution >= 0.6 is 0 Å². The maximum absolute atomic E-state index is 13.5. The number of rotatable bonds is 6. The van der Waals surface area contributed by atoms with Crippen LogP contribution in [0.25, 0.3) is 22.3 Å². The monoisotopic (exact) mass is 546 g/mol. The predicted octanol–water partition coefficient (Wildman–Crippen LogP) is 5.27. The molecule has 1 fully saturated rings. The van der Waals surface area contributed by atoms with Gasteiger partial charge >= 0.3 is 6.55 Å². The van der Waals surface area contributed by atoms with E-state index in [9.17, 15) is 13.2 Å². The number of piperidine rings is 1. The van der Waals surface area contributed by atoms with Crippen molar-refractivity contribution in [3.63, 3.8) is 0 Å². The Bertz CT molecular complexity index is 1630. The molecule has 5 heterocycles. The van der Waals surface area contributed by atoms with E-state index in [1.165, 1.54) is 18.3 Å². The van der Waals surface area contributed by atoms with Gasteiger partial charge in [0.25, 0.3) is 0 Å². The van der Waals surface area contributed by atoms with Crippen molar-refractivity contribution in [2.75, 3.05) is 23.7 Å². The highest BCUT2D eigenvalue weighted by atomic mass is 19.3. The lowest BCUT2D eigenvalue weighted by Crippen LogP contribution is -2.35. The van der Waals surface area contributed by atoms with E-state index in [0.29, 0.717) is 34.8 Å². The summed E-state index contributed by atoms with van der Waals surface area (Å²) in [4.78, 5) is 15.5. The molecular formula is C27H25F3N10. The molecular weight excluding hydrogens is 521 g/mol. The molecule has 1 saturated heterocycles. The molecule has 0 aliphatic carbocycles. The number of hydrogen-bond donors (Lipinski definition) is 1. The highest BCUT2D eigenvalue weighted by Crippen LogP contribution is 2.33. The SMILES string of the molecule is N#N.Nc1nccc2c1ncn2Cc1cc(-c2ccc(F)cc2)ncc1N1CCC[C@H](c2ccn(C(F)F)n2)C1. The highest BCUT2D eigenvalue weighted by molar-refractivity contribution is 5.84. The maximum Gasteiger partial charge on any atom is 0.333 e. The molecule has 13 heteroatoms. The average molecular weight is 547 g/mol. The number of hydrogen-bond acceptors (Lipinski definition) is 8. The summed E-state index contributed by atoms with van der Waals surface area (Å²) in [5.74, 6) is 0.0777. The van der Waals surface area contributed by atoms with Gasteiger partial charge in [-0.05, 0) is 60.9 Å². The minimum atomic E-state index is -2.66. The third-order valence-electron chi connectivity index (χ3n) is 7.02.